The number of rotatable bonds is 9. The highest BCUT2D eigenvalue weighted by Gasteiger charge is 2.46. The van der Waals surface area contributed by atoms with Crippen LogP contribution in [0.1, 0.15) is 29.2 Å². The van der Waals surface area contributed by atoms with Crippen molar-refractivity contribution in [3.05, 3.63) is 265 Å². The molecule has 0 radical (unpaired) electrons. The van der Waals surface area contributed by atoms with E-state index < -0.39 is 5.41 Å². The van der Waals surface area contributed by atoms with Crippen molar-refractivity contribution in [1.29, 1.82) is 0 Å². The normalized spacial score (nSPS) is 14.9. The van der Waals surface area contributed by atoms with Crippen LogP contribution in [0.15, 0.2) is 243 Å². The second kappa shape index (κ2) is 15.1. The number of hydrogen-bond acceptors (Lipinski definition) is 1. The van der Waals surface area contributed by atoms with Gasteiger partial charge >= 0.3 is 0 Å². The maximum Gasteiger partial charge on any atom is 0.0714 e. The van der Waals surface area contributed by atoms with Crippen molar-refractivity contribution in [2.45, 2.75) is 12.3 Å². The van der Waals surface area contributed by atoms with Crippen LogP contribution in [-0.2, 0) is 5.41 Å². The fourth-order valence-corrected chi connectivity index (χ4v) is 9.53. The summed E-state index contributed by atoms with van der Waals surface area (Å²) >= 11 is 0. The van der Waals surface area contributed by atoms with Gasteiger partial charge in [-0.15, -0.1) is 0 Å². The molecular weight excluding hydrogens is 711 g/mol. The van der Waals surface area contributed by atoms with Crippen LogP contribution in [0.4, 0.5) is 17.1 Å². The topological polar surface area (TPSA) is 3.24 Å². The first kappa shape index (κ1) is 35.9. The highest BCUT2D eigenvalue weighted by atomic mass is 15.1. The predicted molar refractivity (Wildman–Crippen MR) is 252 cm³/mol. The predicted octanol–water partition coefficient (Wildman–Crippen LogP) is 15.7. The van der Waals surface area contributed by atoms with Crippen LogP contribution in [0, 0.1) is 0 Å². The molecule has 0 fully saturated rings. The van der Waals surface area contributed by atoms with Gasteiger partial charge in [0.05, 0.1) is 11.1 Å². The zero-order valence-corrected chi connectivity index (χ0v) is 33.1. The Hall–Kier alpha value is -7.48. The monoisotopic (exact) mass is 753 g/mol. The molecule has 1 unspecified atom stereocenters. The summed E-state index contributed by atoms with van der Waals surface area (Å²) in [6, 6.07) is 77.5. The fraction of sp³-hybridized carbons (Fsp3) is 0.0345. The van der Waals surface area contributed by atoms with Gasteiger partial charge in [-0.1, -0.05) is 207 Å². The van der Waals surface area contributed by atoms with Crippen LogP contribution < -0.4 is 4.90 Å². The van der Waals surface area contributed by atoms with Gasteiger partial charge in [-0.3, -0.25) is 0 Å². The average Bonchev–Trinajstić information content (AvgIpc) is 3.60. The SMILES string of the molecule is C=CC1=C(/C=C\C)C(c2ccccc2)(c2cccc(N(c3ccc(-c4ccccc4-c4ccccc4)cc3)c3cc4ccccc4c4ccccc34)c2)c2ccccc21. The highest BCUT2D eigenvalue weighted by Crippen LogP contribution is 2.56. The van der Waals surface area contributed by atoms with Crippen LogP contribution in [0.5, 0.6) is 0 Å². The number of anilines is 3. The van der Waals surface area contributed by atoms with E-state index in [0.29, 0.717) is 0 Å². The Morgan fingerprint density at radius 1 is 0.458 bits per heavy atom. The van der Waals surface area contributed by atoms with E-state index in [1.165, 1.54) is 71.6 Å². The number of fused-ring (bicyclic) bond motifs is 4. The lowest BCUT2D eigenvalue weighted by molar-refractivity contribution is 0.761. The van der Waals surface area contributed by atoms with E-state index in [0.717, 1.165) is 22.6 Å². The third-order valence-electron chi connectivity index (χ3n) is 12.0. The number of hydrogen-bond donors (Lipinski definition) is 0. The van der Waals surface area contributed by atoms with Gasteiger partial charge in [-0.2, -0.15) is 0 Å². The summed E-state index contributed by atoms with van der Waals surface area (Å²) in [5, 5.41) is 4.88. The molecule has 0 saturated heterocycles. The molecule has 0 saturated carbocycles. The molecule has 0 aliphatic heterocycles. The van der Waals surface area contributed by atoms with Gasteiger partial charge in [0.1, 0.15) is 0 Å². The molecule has 9 aromatic rings. The zero-order chi connectivity index (χ0) is 39.8. The molecule has 0 heterocycles. The first-order chi connectivity index (χ1) is 29.2. The van der Waals surface area contributed by atoms with Crippen molar-refractivity contribution in [3.63, 3.8) is 0 Å². The standard InChI is InChI=1S/C58H43N/c1-3-20-55-48(4-2)53-32-17-18-34-56(53)58(55,44-24-9-6-10-25-44)45-26-19-27-47(40-45)59(57-39-43-23-11-12-30-51(43)52-31-15-16-33-54(52)57)46-37-35-42(36-38-46)50-29-14-13-28-49(50)41-21-7-5-8-22-41/h3-40H,2H2,1H3/b20-3-. The van der Waals surface area contributed by atoms with Gasteiger partial charge in [0.25, 0.3) is 0 Å². The van der Waals surface area contributed by atoms with Gasteiger partial charge in [0.15, 0.2) is 0 Å². The van der Waals surface area contributed by atoms with Crippen molar-refractivity contribution in [2.75, 3.05) is 4.90 Å². The largest absolute Gasteiger partial charge is 0.310 e. The molecule has 0 bridgehead atoms. The van der Waals surface area contributed by atoms with Crippen molar-refractivity contribution in [3.8, 4) is 22.3 Å². The summed E-state index contributed by atoms with van der Waals surface area (Å²) in [5.41, 5.74) is 14.8. The van der Waals surface area contributed by atoms with E-state index >= 15 is 0 Å². The molecule has 0 amide bonds. The summed E-state index contributed by atoms with van der Waals surface area (Å²) in [5.74, 6) is 0. The molecule has 59 heavy (non-hydrogen) atoms. The van der Waals surface area contributed by atoms with E-state index in [4.69, 9.17) is 0 Å². The third-order valence-corrected chi connectivity index (χ3v) is 12.0. The van der Waals surface area contributed by atoms with Gasteiger partial charge in [-0.25, -0.2) is 0 Å². The fourth-order valence-electron chi connectivity index (χ4n) is 9.53. The maximum absolute atomic E-state index is 4.36. The van der Waals surface area contributed by atoms with Gasteiger partial charge in [0, 0.05) is 16.8 Å². The minimum absolute atomic E-state index is 0.577. The Bertz CT molecular complexity index is 3060. The van der Waals surface area contributed by atoms with Crippen molar-refractivity contribution in [1.82, 2.24) is 0 Å². The van der Waals surface area contributed by atoms with Crippen molar-refractivity contribution in [2.24, 2.45) is 0 Å². The Morgan fingerprint density at radius 2 is 1.03 bits per heavy atom. The first-order valence-corrected chi connectivity index (χ1v) is 20.4. The Morgan fingerprint density at radius 3 is 1.75 bits per heavy atom. The molecule has 0 spiro atoms. The van der Waals surface area contributed by atoms with Crippen LogP contribution in [0.2, 0.25) is 0 Å². The Labute approximate surface area is 347 Å². The molecule has 1 nitrogen and oxygen atoms in total. The Balaban J connectivity index is 1.23. The zero-order valence-electron chi connectivity index (χ0n) is 33.1. The highest BCUT2D eigenvalue weighted by molar-refractivity contribution is 6.14. The molecule has 1 heteroatoms. The molecule has 1 aliphatic rings. The smallest absolute Gasteiger partial charge is 0.0714 e. The lowest BCUT2D eigenvalue weighted by Gasteiger charge is -2.36. The van der Waals surface area contributed by atoms with E-state index in [1.54, 1.807) is 0 Å². The summed E-state index contributed by atoms with van der Waals surface area (Å²) < 4.78 is 0. The molecule has 0 N–H and O–H groups in total. The first-order valence-electron chi connectivity index (χ1n) is 20.4. The second-order valence-electron chi connectivity index (χ2n) is 15.2. The van der Waals surface area contributed by atoms with Gasteiger partial charge in [-0.05, 0) is 109 Å². The third kappa shape index (κ3) is 5.94. The van der Waals surface area contributed by atoms with E-state index in [-0.39, 0.29) is 0 Å². The number of allylic oxidation sites excluding steroid dienone is 5. The summed E-state index contributed by atoms with van der Waals surface area (Å²) in [6.45, 7) is 6.47. The van der Waals surface area contributed by atoms with Crippen LogP contribution in [0.25, 0.3) is 49.4 Å². The summed E-state index contributed by atoms with van der Waals surface area (Å²) in [7, 11) is 0. The molecule has 280 valence electrons. The minimum atomic E-state index is -0.577. The second-order valence-corrected chi connectivity index (χ2v) is 15.2. The average molecular weight is 754 g/mol. The van der Waals surface area contributed by atoms with Crippen LogP contribution in [0.3, 0.4) is 0 Å². The number of nitrogens with zero attached hydrogens (tertiary/aromatic N) is 1. The molecule has 1 atom stereocenters. The lowest BCUT2D eigenvalue weighted by atomic mass is 9.66. The summed E-state index contributed by atoms with van der Waals surface area (Å²) in [4.78, 5) is 2.46. The molecule has 1 aliphatic carbocycles. The summed E-state index contributed by atoms with van der Waals surface area (Å²) in [6.07, 6.45) is 6.49. The van der Waals surface area contributed by atoms with Crippen molar-refractivity contribution < 1.29 is 0 Å². The minimum Gasteiger partial charge on any atom is -0.310 e. The molecule has 0 aromatic heterocycles. The van der Waals surface area contributed by atoms with Crippen molar-refractivity contribution >= 4 is 44.2 Å². The lowest BCUT2D eigenvalue weighted by Crippen LogP contribution is -2.29. The molecule has 9 aromatic carbocycles. The quantitative estimate of drug-likeness (QED) is 0.133. The Kier molecular flexibility index (Phi) is 9.20. The van der Waals surface area contributed by atoms with E-state index in [9.17, 15) is 0 Å². The maximum atomic E-state index is 4.36. The van der Waals surface area contributed by atoms with E-state index in [2.05, 4.69) is 243 Å². The van der Waals surface area contributed by atoms with Crippen LogP contribution >= 0.6 is 0 Å². The number of benzene rings is 9. The molecule has 10 rings (SSSR count). The van der Waals surface area contributed by atoms with Gasteiger partial charge in [0.2, 0.25) is 0 Å². The van der Waals surface area contributed by atoms with Crippen LogP contribution in [-0.4, -0.2) is 0 Å². The molecular formula is C58H43N. The van der Waals surface area contributed by atoms with E-state index in [1.807, 2.05) is 6.08 Å². The van der Waals surface area contributed by atoms with Gasteiger partial charge < -0.3 is 4.90 Å².